The molecule has 3 N–H and O–H groups in total. The van der Waals surface area contributed by atoms with E-state index in [0.29, 0.717) is 59.2 Å². The van der Waals surface area contributed by atoms with Gasteiger partial charge in [-0.15, -0.1) is 0 Å². The monoisotopic (exact) mass is 662 g/mol. The minimum Gasteiger partial charge on any atom is -0.365 e. The summed E-state index contributed by atoms with van der Waals surface area (Å²) in [5, 5.41) is 2.43. The number of rotatable bonds is 9. The first kappa shape index (κ1) is 33.9. The first-order valence-electron chi connectivity index (χ1n) is 15.2. The smallest absolute Gasteiger partial charge is 0.270 e. The van der Waals surface area contributed by atoms with Crippen LogP contribution in [-0.2, 0) is 19.4 Å². The lowest BCUT2D eigenvalue weighted by atomic mass is 10.1. The summed E-state index contributed by atoms with van der Waals surface area (Å²) in [6, 6.07) is 13.5. The predicted octanol–water partition coefficient (Wildman–Crippen LogP) is 2.90. The number of aromatic amines is 2. The van der Waals surface area contributed by atoms with E-state index in [1.54, 1.807) is 18.2 Å². The number of fused-ring (bicyclic) bond motifs is 2. The van der Waals surface area contributed by atoms with Crippen molar-refractivity contribution >= 4 is 39.9 Å². The normalized spacial score (nSPS) is 13.3. The Balaban J connectivity index is 0.000000236. The number of aryl methyl sites for hydroxylation is 2. The highest BCUT2D eigenvalue weighted by molar-refractivity contribution is 5.92. The van der Waals surface area contributed by atoms with E-state index in [2.05, 4.69) is 35.1 Å². The summed E-state index contributed by atoms with van der Waals surface area (Å²) >= 11 is 0. The molecule has 5 aromatic rings. The largest absolute Gasteiger partial charge is 0.365 e. The van der Waals surface area contributed by atoms with Crippen molar-refractivity contribution in [1.82, 2.24) is 35.1 Å². The van der Waals surface area contributed by atoms with Crippen LogP contribution in [-0.4, -0.2) is 88.6 Å². The molecule has 1 fully saturated rings. The number of aromatic nitrogens is 5. The fraction of sp³-hybridized carbons (Fsp3) is 0.303. The Bertz CT molecular complexity index is 2060. The molecule has 250 valence electrons. The zero-order valence-corrected chi connectivity index (χ0v) is 26.1. The third-order valence-corrected chi connectivity index (χ3v) is 7.82. The van der Waals surface area contributed by atoms with Crippen LogP contribution in [0, 0.1) is 5.95 Å². The summed E-state index contributed by atoms with van der Waals surface area (Å²) in [7, 11) is 1.47. The van der Waals surface area contributed by atoms with Crippen molar-refractivity contribution < 1.29 is 22.8 Å². The molecule has 6 rings (SSSR count). The third kappa shape index (κ3) is 7.91. The van der Waals surface area contributed by atoms with Crippen molar-refractivity contribution in [3.8, 4) is 0 Å². The summed E-state index contributed by atoms with van der Waals surface area (Å²) in [6.45, 7) is 2.12. The summed E-state index contributed by atoms with van der Waals surface area (Å²) in [5.41, 5.74) is 3.81. The molecule has 0 saturated carbocycles. The quantitative estimate of drug-likeness (QED) is 0.160. The summed E-state index contributed by atoms with van der Waals surface area (Å²) < 4.78 is 39.1. The third-order valence-electron chi connectivity index (χ3n) is 7.82. The van der Waals surface area contributed by atoms with E-state index in [1.165, 1.54) is 19.2 Å². The van der Waals surface area contributed by atoms with E-state index in [-0.39, 0.29) is 35.5 Å². The van der Waals surface area contributed by atoms with Gasteiger partial charge in [-0.05, 0) is 48.0 Å². The van der Waals surface area contributed by atoms with E-state index >= 15 is 0 Å². The van der Waals surface area contributed by atoms with E-state index < -0.39 is 30.8 Å². The zero-order chi connectivity index (χ0) is 34.2. The van der Waals surface area contributed by atoms with E-state index in [0.717, 1.165) is 18.7 Å². The van der Waals surface area contributed by atoms with Crippen LogP contribution in [0.4, 0.5) is 18.9 Å². The van der Waals surface area contributed by atoms with Crippen LogP contribution in [0.15, 0.2) is 58.1 Å². The topological polar surface area (TPSA) is 157 Å². The van der Waals surface area contributed by atoms with Gasteiger partial charge in [-0.1, -0.05) is 6.07 Å². The van der Waals surface area contributed by atoms with Crippen molar-refractivity contribution in [1.29, 1.82) is 0 Å². The van der Waals surface area contributed by atoms with Crippen LogP contribution in [0.5, 0.6) is 0 Å². The number of benzene rings is 2. The standard InChI is InChI=1S/C22H24F2N6O2.C11H9FN2O2/c1-25-21(31)16-4-5-19(20(24)27-16)30-10-8-29(9-11-30)13-14-2-3-15-18(12-14)28-22(32)17(26-15)6-7-23;12-4-3-9-11(16)14-10-5-7(6-15)1-2-8(10)13-9/h2-5,12H,6-11,13H2,1H3,(H,25,31)(H,28,32);1-2,5-6H,3-4H2,(H,14,16). The van der Waals surface area contributed by atoms with Gasteiger partial charge in [-0.3, -0.25) is 32.9 Å². The van der Waals surface area contributed by atoms with Gasteiger partial charge in [0.1, 0.15) is 23.4 Å². The number of carbonyl (C=O) groups excluding carboxylic acids is 2. The number of amides is 1. The highest BCUT2D eigenvalue weighted by atomic mass is 19.1. The van der Waals surface area contributed by atoms with Gasteiger partial charge in [-0.25, -0.2) is 15.0 Å². The van der Waals surface area contributed by atoms with Gasteiger partial charge in [0.2, 0.25) is 5.95 Å². The number of carbonyl (C=O) groups is 2. The molecule has 0 aliphatic carbocycles. The highest BCUT2D eigenvalue weighted by Gasteiger charge is 2.21. The molecule has 4 heterocycles. The van der Waals surface area contributed by atoms with E-state index in [4.69, 9.17) is 0 Å². The van der Waals surface area contributed by atoms with Gasteiger partial charge in [0.15, 0.2) is 0 Å². The molecule has 12 nitrogen and oxygen atoms in total. The lowest BCUT2D eigenvalue weighted by Gasteiger charge is -2.36. The number of aldehydes is 1. The van der Waals surface area contributed by atoms with Crippen LogP contribution < -0.4 is 21.3 Å². The molecule has 0 spiro atoms. The first-order chi connectivity index (χ1) is 23.2. The zero-order valence-electron chi connectivity index (χ0n) is 26.1. The number of hydrogen-bond donors (Lipinski definition) is 3. The van der Waals surface area contributed by atoms with Gasteiger partial charge < -0.3 is 20.2 Å². The second kappa shape index (κ2) is 15.4. The number of nitrogens with one attached hydrogen (secondary N) is 3. The van der Waals surface area contributed by atoms with Gasteiger partial charge in [0.25, 0.3) is 17.0 Å². The summed E-state index contributed by atoms with van der Waals surface area (Å²) in [6.07, 6.45) is 0.690. The van der Waals surface area contributed by atoms with Gasteiger partial charge >= 0.3 is 0 Å². The lowest BCUT2D eigenvalue weighted by Crippen LogP contribution is -2.46. The second-order valence-electron chi connectivity index (χ2n) is 11.0. The lowest BCUT2D eigenvalue weighted by molar-refractivity contribution is 0.0956. The molecule has 0 radical (unpaired) electrons. The Kier molecular flexibility index (Phi) is 10.9. The molecule has 2 aromatic carbocycles. The molecule has 1 aliphatic heterocycles. The summed E-state index contributed by atoms with van der Waals surface area (Å²) in [5.74, 6) is -1.08. The Morgan fingerprint density at radius 2 is 1.46 bits per heavy atom. The minimum absolute atomic E-state index is 0.000700. The average molecular weight is 663 g/mol. The van der Waals surface area contributed by atoms with Crippen LogP contribution >= 0.6 is 0 Å². The molecule has 0 unspecified atom stereocenters. The predicted molar refractivity (Wildman–Crippen MR) is 175 cm³/mol. The number of alkyl halides is 2. The number of H-pyrrole nitrogens is 2. The average Bonchev–Trinajstić information content (AvgIpc) is 3.09. The molecule has 3 aromatic heterocycles. The fourth-order valence-corrected chi connectivity index (χ4v) is 5.33. The molecular weight excluding hydrogens is 629 g/mol. The fourth-order valence-electron chi connectivity index (χ4n) is 5.33. The molecule has 0 bridgehead atoms. The second-order valence-corrected chi connectivity index (χ2v) is 11.0. The van der Waals surface area contributed by atoms with Crippen molar-refractivity contribution in [2.24, 2.45) is 0 Å². The van der Waals surface area contributed by atoms with Crippen LogP contribution in [0.3, 0.4) is 0 Å². The van der Waals surface area contributed by atoms with Crippen molar-refractivity contribution in [2.45, 2.75) is 19.4 Å². The molecule has 0 atom stereocenters. The highest BCUT2D eigenvalue weighted by Crippen LogP contribution is 2.21. The Morgan fingerprint density at radius 3 is 2.02 bits per heavy atom. The molecule has 15 heteroatoms. The van der Waals surface area contributed by atoms with Gasteiger partial charge in [0, 0.05) is 58.2 Å². The minimum atomic E-state index is -0.655. The number of halogens is 3. The van der Waals surface area contributed by atoms with E-state index in [9.17, 15) is 32.3 Å². The van der Waals surface area contributed by atoms with Gasteiger partial charge in [0.05, 0.1) is 41.1 Å². The summed E-state index contributed by atoms with van der Waals surface area (Å²) in [4.78, 5) is 67.2. The number of nitrogens with zero attached hydrogens (tertiary/aromatic N) is 5. The van der Waals surface area contributed by atoms with Crippen molar-refractivity contribution in [3.05, 3.63) is 103 Å². The molecule has 1 amide bonds. The maximum atomic E-state index is 14.4. The maximum Gasteiger partial charge on any atom is 0.270 e. The van der Waals surface area contributed by atoms with Gasteiger partial charge in [-0.2, -0.15) is 4.39 Å². The Hall–Kier alpha value is -5.44. The molecule has 48 heavy (non-hydrogen) atoms. The molecular formula is C33H33F3N8O4. The molecule has 1 aliphatic rings. The Labute approximate surface area is 272 Å². The van der Waals surface area contributed by atoms with Crippen molar-refractivity contribution in [3.63, 3.8) is 0 Å². The number of piperazine rings is 1. The first-order valence-corrected chi connectivity index (χ1v) is 15.2. The Morgan fingerprint density at radius 1 is 0.854 bits per heavy atom. The van der Waals surface area contributed by atoms with Crippen LogP contribution in [0.2, 0.25) is 0 Å². The number of pyridine rings is 1. The van der Waals surface area contributed by atoms with E-state index in [1.807, 2.05) is 23.1 Å². The SMILES string of the molecule is CNC(=O)c1ccc(N2CCN(Cc3ccc4nc(CCF)c(=O)[nH]c4c3)CC2)c(F)n1.O=Cc1ccc2nc(CCF)c(=O)[nH]c2c1. The number of hydrogen-bond acceptors (Lipinski definition) is 9. The van der Waals surface area contributed by atoms with Crippen molar-refractivity contribution in [2.75, 3.05) is 51.5 Å². The maximum absolute atomic E-state index is 14.4. The molecule has 1 saturated heterocycles. The van der Waals surface area contributed by atoms with Crippen LogP contribution in [0.1, 0.15) is 37.8 Å². The van der Waals surface area contributed by atoms with Crippen LogP contribution in [0.25, 0.3) is 22.1 Å². The number of anilines is 1.